The quantitative estimate of drug-likeness (QED) is 0.421. The number of carbonyl (C=O) groups excluding carboxylic acids is 1. The smallest absolute Gasteiger partial charge is 0.340 e. The van der Waals surface area contributed by atoms with E-state index in [0.717, 1.165) is 0 Å². The first-order valence-electron chi connectivity index (χ1n) is 5.93. The molecule has 1 aromatic carbocycles. The van der Waals surface area contributed by atoms with Crippen molar-refractivity contribution in [1.82, 2.24) is 0 Å². The molecule has 0 aliphatic rings. The molecule has 2 atom stereocenters. The predicted molar refractivity (Wildman–Crippen MR) is 73.3 cm³/mol. The molecule has 0 fully saturated rings. The van der Waals surface area contributed by atoms with Crippen molar-refractivity contribution in [2.24, 2.45) is 11.7 Å². The number of benzene rings is 1. The minimum absolute atomic E-state index is 0.167. The van der Waals surface area contributed by atoms with E-state index >= 15 is 0 Å². The van der Waals surface area contributed by atoms with Gasteiger partial charge in [0.05, 0.1) is 5.92 Å². The summed E-state index contributed by atoms with van der Waals surface area (Å²) in [4.78, 5) is 51.3. The normalized spacial score (nSPS) is 14.1. The van der Waals surface area contributed by atoms with Crippen LogP contribution in [0.25, 0.3) is 0 Å². The van der Waals surface area contributed by atoms with Crippen molar-refractivity contribution in [3.05, 3.63) is 35.4 Å². The fourth-order valence-electron chi connectivity index (χ4n) is 1.94. The molecule has 0 saturated heterocycles. The van der Waals surface area contributed by atoms with Crippen molar-refractivity contribution in [2.45, 2.75) is 12.1 Å². The molecule has 0 radical (unpaired) electrons. The first-order valence-corrected chi connectivity index (χ1v) is 7.61. The molecule has 1 aromatic rings. The Balaban J connectivity index is 3.11. The van der Waals surface area contributed by atoms with Crippen molar-refractivity contribution >= 4 is 25.4 Å². The molecular formula is C12H14NO8P. The Morgan fingerprint density at radius 1 is 1.05 bits per heavy atom. The number of hydrogen-bond donors (Lipinski definition) is 5. The van der Waals surface area contributed by atoms with Crippen LogP contribution in [-0.4, -0.2) is 43.5 Å². The summed E-state index contributed by atoms with van der Waals surface area (Å²) in [5, 5.41) is 18.0. The van der Waals surface area contributed by atoms with Gasteiger partial charge in [0.1, 0.15) is 0 Å². The molecule has 1 amide bonds. The Kier molecular flexibility index (Phi) is 5.43. The molecule has 10 heteroatoms. The monoisotopic (exact) mass is 331 g/mol. The van der Waals surface area contributed by atoms with Gasteiger partial charge in [-0.3, -0.25) is 18.9 Å². The van der Waals surface area contributed by atoms with Gasteiger partial charge in [-0.2, -0.15) is 0 Å². The summed E-state index contributed by atoms with van der Waals surface area (Å²) in [6.07, 6.45) is -0.420. The van der Waals surface area contributed by atoms with E-state index in [4.69, 9.17) is 25.7 Å². The minimum atomic E-state index is -5.16. The standard InChI is InChI=1S/C12H14NO8P/c13-10(14)7-3-1-6(2-4-7)5-8(11(15)16)9(12(17)18)22(19,20)21/h1-4,8-9H,5H2,(H2,13,14)(H,15,16)(H,17,18)(H2,19,20,21). The highest BCUT2D eigenvalue weighted by Gasteiger charge is 2.45. The van der Waals surface area contributed by atoms with Gasteiger partial charge in [0.2, 0.25) is 5.91 Å². The third-order valence-electron chi connectivity index (χ3n) is 3.01. The number of primary amides is 1. The zero-order valence-corrected chi connectivity index (χ0v) is 12.0. The molecule has 1 rings (SSSR count). The van der Waals surface area contributed by atoms with Crippen molar-refractivity contribution in [2.75, 3.05) is 0 Å². The van der Waals surface area contributed by atoms with Gasteiger partial charge in [-0.25, -0.2) is 0 Å². The second-order valence-corrected chi connectivity index (χ2v) is 6.32. The van der Waals surface area contributed by atoms with Crippen LogP contribution in [0.15, 0.2) is 24.3 Å². The number of carboxylic acid groups (broad SMARTS) is 2. The number of amides is 1. The molecule has 0 aromatic heterocycles. The van der Waals surface area contributed by atoms with Crippen LogP contribution in [0.4, 0.5) is 0 Å². The van der Waals surface area contributed by atoms with Crippen LogP contribution in [0.3, 0.4) is 0 Å². The summed E-state index contributed by atoms with van der Waals surface area (Å²) in [7, 11) is -5.16. The number of hydrogen-bond acceptors (Lipinski definition) is 4. The molecule has 0 spiro atoms. The lowest BCUT2D eigenvalue weighted by molar-refractivity contribution is -0.148. The van der Waals surface area contributed by atoms with Crippen molar-refractivity contribution in [3.8, 4) is 0 Å². The Labute approximate surface area is 124 Å². The lowest BCUT2D eigenvalue weighted by atomic mass is 9.95. The number of nitrogens with two attached hydrogens (primary N) is 1. The van der Waals surface area contributed by atoms with E-state index in [0.29, 0.717) is 5.56 Å². The summed E-state index contributed by atoms with van der Waals surface area (Å²) in [6.45, 7) is 0. The van der Waals surface area contributed by atoms with Gasteiger partial charge < -0.3 is 25.7 Å². The molecular weight excluding hydrogens is 317 g/mol. The second-order valence-electron chi connectivity index (χ2n) is 4.58. The van der Waals surface area contributed by atoms with Gasteiger partial charge in [-0.1, -0.05) is 12.1 Å². The van der Waals surface area contributed by atoms with Gasteiger partial charge in [0.25, 0.3) is 0 Å². The maximum absolute atomic E-state index is 11.2. The highest BCUT2D eigenvalue weighted by Crippen LogP contribution is 2.46. The summed E-state index contributed by atoms with van der Waals surface area (Å²) < 4.78 is 11.2. The average molecular weight is 331 g/mol. The largest absolute Gasteiger partial charge is 0.481 e. The molecule has 22 heavy (non-hydrogen) atoms. The third kappa shape index (κ3) is 4.39. The van der Waals surface area contributed by atoms with Crippen LogP contribution in [0.2, 0.25) is 0 Å². The number of aliphatic carboxylic acids is 2. The van der Waals surface area contributed by atoms with Crippen LogP contribution in [0, 0.1) is 5.92 Å². The van der Waals surface area contributed by atoms with E-state index in [1.807, 2.05) is 0 Å². The first kappa shape index (κ1) is 17.8. The van der Waals surface area contributed by atoms with Crippen molar-refractivity contribution in [1.29, 1.82) is 0 Å². The van der Waals surface area contributed by atoms with E-state index in [1.54, 1.807) is 0 Å². The van der Waals surface area contributed by atoms with Crippen LogP contribution >= 0.6 is 7.60 Å². The Bertz CT molecular complexity index is 635. The van der Waals surface area contributed by atoms with E-state index < -0.39 is 43.4 Å². The lowest BCUT2D eigenvalue weighted by Gasteiger charge is -2.21. The highest BCUT2D eigenvalue weighted by atomic mass is 31.2. The second kappa shape index (κ2) is 6.69. The maximum Gasteiger partial charge on any atom is 0.340 e. The maximum atomic E-state index is 11.2. The Hall–Kier alpha value is -2.22. The number of rotatable bonds is 7. The van der Waals surface area contributed by atoms with Crippen LogP contribution in [0.1, 0.15) is 15.9 Å². The molecule has 0 aliphatic heterocycles. The topological polar surface area (TPSA) is 175 Å². The lowest BCUT2D eigenvalue weighted by Crippen LogP contribution is -2.36. The fraction of sp³-hybridized carbons (Fsp3) is 0.250. The molecule has 0 bridgehead atoms. The molecule has 9 nitrogen and oxygen atoms in total. The summed E-state index contributed by atoms with van der Waals surface area (Å²) in [5.74, 6) is -6.05. The average Bonchev–Trinajstić information content (AvgIpc) is 2.36. The van der Waals surface area contributed by atoms with E-state index in [2.05, 4.69) is 0 Å². The zero-order valence-electron chi connectivity index (χ0n) is 11.1. The SMILES string of the molecule is NC(=O)c1ccc(CC(C(=O)O)C(C(=O)O)P(=O)(O)O)cc1. The van der Waals surface area contributed by atoms with Crippen molar-refractivity contribution < 1.29 is 38.9 Å². The summed E-state index contributed by atoms with van der Waals surface area (Å²) in [5.41, 5.74) is 3.15. The van der Waals surface area contributed by atoms with E-state index in [1.165, 1.54) is 24.3 Å². The van der Waals surface area contributed by atoms with Gasteiger partial charge in [-0.15, -0.1) is 0 Å². The van der Waals surface area contributed by atoms with Crippen LogP contribution < -0.4 is 5.73 Å². The van der Waals surface area contributed by atoms with Gasteiger partial charge in [0, 0.05) is 5.56 Å². The Morgan fingerprint density at radius 2 is 1.55 bits per heavy atom. The van der Waals surface area contributed by atoms with E-state index in [-0.39, 0.29) is 5.56 Å². The summed E-state index contributed by atoms with van der Waals surface area (Å²) in [6, 6.07) is 5.30. The van der Waals surface area contributed by atoms with Gasteiger partial charge in [0.15, 0.2) is 5.66 Å². The summed E-state index contributed by atoms with van der Waals surface area (Å²) >= 11 is 0. The molecule has 120 valence electrons. The molecule has 6 N–H and O–H groups in total. The number of carbonyl (C=O) groups is 3. The van der Waals surface area contributed by atoms with Crippen molar-refractivity contribution in [3.63, 3.8) is 0 Å². The van der Waals surface area contributed by atoms with Gasteiger partial charge >= 0.3 is 19.5 Å². The molecule has 0 heterocycles. The van der Waals surface area contributed by atoms with Crippen LogP contribution in [0.5, 0.6) is 0 Å². The molecule has 0 aliphatic carbocycles. The first-order chi connectivity index (χ1) is 10.0. The zero-order chi connectivity index (χ0) is 17.1. The molecule has 0 saturated carbocycles. The fourth-order valence-corrected chi connectivity index (χ4v) is 2.93. The minimum Gasteiger partial charge on any atom is -0.481 e. The molecule has 2 unspecified atom stereocenters. The highest BCUT2D eigenvalue weighted by molar-refractivity contribution is 7.53. The number of carboxylic acids is 2. The van der Waals surface area contributed by atoms with Crippen LogP contribution in [-0.2, 0) is 20.6 Å². The Morgan fingerprint density at radius 3 is 1.86 bits per heavy atom. The predicted octanol–water partition coefficient (Wildman–Crippen LogP) is -0.340. The van der Waals surface area contributed by atoms with E-state index in [9.17, 15) is 18.9 Å². The van der Waals surface area contributed by atoms with Gasteiger partial charge in [-0.05, 0) is 24.1 Å². The third-order valence-corrected chi connectivity index (χ3v) is 4.31.